The average Bonchev–Trinajstić information content (AvgIpc) is 2.50. The molecule has 1 aromatic carbocycles. The molecule has 2 rings (SSSR count). The largest absolute Gasteiger partial charge is 0.337 e. The summed E-state index contributed by atoms with van der Waals surface area (Å²) in [6, 6.07) is 6.91. The van der Waals surface area contributed by atoms with E-state index in [4.69, 9.17) is 0 Å². The Hall–Kier alpha value is -1.17. The van der Waals surface area contributed by atoms with Gasteiger partial charge in [-0.15, -0.1) is 12.4 Å². The number of hydrogen-bond donors (Lipinski definition) is 1. The summed E-state index contributed by atoms with van der Waals surface area (Å²) in [5.41, 5.74) is 0.846. The van der Waals surface area contributed by atoms with E-state index < -0.39 is 0 Å². The molecule has 1 fully saturated rings. The second kappa shape index (κ2) is 9.97. The molecule has 4 nitrogen and oxygen atoms in total. The van der Waals surface area contributed by atoms with Crippen molar-refractivity contribution in [3.05, 3.63) is 35.6 Å². The van der Waals surface area contributed by atoms with Crippen molar-refractivity contribution in [2.75, 3.05) is 33.7 Å². The summed E-state index contributed by atoms with van der Waals surface area (Å²) < 4.78 is 13.4. The van der Waals surface area contributed by atoms with Crippen molar-refractivity contribution in [2.24, 2.45) is 5.92 Å². The van der Waals surface area contributed by atoms with Crippen molar-refractivity contribution in [1.82, 2.24) is 15.1 Å². The fraction of sp³-hybridized carbons (Fsp3) is 0.611. The molecule has 0 spiro atoms. The Bertz CT molecular complexity index is 527. The highest BCUT2D eigenvalue weighted by molar-refractivity contribution is 5.85. The number of hydrogen-bond acceptors (Lipinski definition) is 3. The van der Waals surface area contributed by atoms with Gasteiger partial charge < -0.3 is 15.1 Å². The molecular weight excluding hydrogens is 329 g/mol. The smallest absolute Gasteiger partial charge is 0.226 e. The number of carbonyl (C=O) groups excluding carboxylic acids is 1. The minimum atomic E-state index is -0.252. The van der Waals surface area contributed by atoms with E-state index >= 15 is 0 Å². The maximum atomic E-state index is 13.4. The Morgan fingerprint density at radius 1 is 1.33 bits per heavy atom. The van der Waals surface area contributed by atoms with Crippen LogP contribution in [0.4, 0.5) is 4.39 Å². The van der Waals surface area contributed by atoms with Crippen molar-refractivity contribution in [1.29, 1.82) is 0 Å². The van der Waals surface area contributed by atoms with E-state index in [0.29, 0.717) is 19.1 Å². The van der Waals surface area contributed by atoms with Crippen molar-refractivity contribution in [3.63, 3.8) is 0 Å². The quantitative estimate of drug-likeness (QED) is 0.849. The summed E-state index contributed by atoms with van der Waals surface area (Å²) in [7, 11) is 3.99. The first kappa shape index (κ1) is 20.9. The lowest BCUT2D eigenvalue weighted by molar-refractivity contribution is -0.137. The summed E-state index contributed by atoms with van der Waals surface area (Å²) in [5.74, 6) is 0.0180. The summed E-state index contributed by atoms with van der Waals surface area (Å²) in [6.07, 6.45) is 1.76. The van der Waals surface area contributed by atoms with E-state index in [1.165, 1.54) is 12.1 Å². The fourth-order valence-electron chi connectivity index (χ4n) is 3.06. The SMILES string of the molecule is C[C@H]1C[C@@H](C(=O)N(CCN(C)C)Cc2cccc(F)c2)CCN1.Cl. The number of halogens is 2. The van der Waals surface area contributed by atoms with Crippen LogP contribution >= 0.6 is 12.4 Å². The van der Waals surface area contributed by atoms with Crippen LogP contribution < -0.4 is 5.32 Å². The molecular formula is C18H29ClFN3O. The van der Waals surface area contributed by atoms with Crippen LogP contribution in [0.15, 0.2) is 24.3 Å². The summed E-state index contributed by atoms with van der Waals surface area (Å²) in [4.78, 5) is 16.9. The van der Waals surface area contributed by atoms with Gasteiger partial charge in [0.2, 0.25) is 5.91 Å². The van der Waals surface area contributed by atoms with Crippen molar-refractivity contribution in [3.8, 4) is 0 Å². The molecule has 1 aliphatic rings. The van der Waals surface area contributed by atoms with Crippen molar-refractivity contribution in [2.45, 2.75) is 32.4 Å². The lowest BCUT2D eigenvalue weighted by atomic mass is 9.92. The maximum absolute atomic E-state index is 13.4. The highest BCUT2D eigenvalue weighted by atomic mass is 35.5. The molecule has 1 aromatic rings. The molecule has 136 valence electrons. The lowest BCUT2D eigenvalue weighted by Gasteiger charge is -2.33. The number of rotatable bonds is 6. The molecule has 1 saturated heterocycles. The minimum absolute atomic E-state index is 0. The van der Waals surface area contributed by atoms with Crippen LogP contribution in [0, 0.1) is 11.7 Å². The highest BCUT2D eigenvalue weighted by Gasteiger charge is 2.28. The topological polar surface area (TPSA) is 35.6 Å². The Morgan fingerprint density at radius 2 is 2.08 bits per heavy atom. The number of nitrogens with one attached hydrogen (secondary N) is 1. The van der Waals surface area contributed by atoms with Crippen LogP contribution in [-0.2, 0) is 11.3 Å². The van der Waals surface area contributed by atoms with Crippen LogP contribution in [0.5, 0.6) is 0 Å². The molecule has 6 heteroatoms. The Labute approximate surface area is 150 Å². The van der Waals surface area contributed by atoms with Crippen LogP contribution in [0.2, 0.25) is 0 Å². The molecule has 0 radical (unpaired) electrons. The van der Waals surface area contributed by atoms with E-state index in [2.05, 4.69) is 17.1 Å². The summed E-state index contributed by atoms with van der Waals surface area (Å²) in [5, 5.41) is 3.38. The van der Waals surface area contributed by atoms with Gasteiger partial charge in [0, 0.05) is 31.6 Å². The number of nitrogens with zero attached hydrogens (tertiary/aromatic N) is 2. The van der Waals surface area contributed by atoms with E-state index in [9.17, 15) is 9.18 Å². The Morgan fingerprint density at radius 3 is 2.71 bits per heavy atom. The lowest BCUT2D eigenvalue weighted by Crippen LogP contribution is -2.45. The van der Waals surface area contributed by atoms with Crippen LogP contribution in [0.3, 0.4) is 0 Å². The molecule has 1 N–H and O–H groups in total. The molecule has 0 bridgehead atoms. The molecule has 1 aliphatic heterocycles. The average molecular weight is 358 g/mol. The molecule has 0 aromatic heterocycles. The second-order valence-corrected chi connectivity index (χ2v) is 6.77. The van der Waals surface area contributed by atoms with Gasteiger partial charge in [-0.3, -0.25) is 4.79 Å². The molecule has 1 amide bonds. The molecule has 24 heavy (non-hydrogen) atoms. The standard InChI is InChI=1S/C18H28FN3O.ClH/c1-14-11-16(7-8-20-14)18(23)22(10-9-21(2)3)13-15-5-4-6-17(19)12-15;/h4-6,12,14,16,20H,7-11,13H2,1-3H3;1H/t14-,16-;/m0./s1. The number of amides is 1. The fourth-order valence-corrected chi connectivity index (χ4v) is 3.06. The molecule has 2 atom stereocenters. The van der Waals surface area contributed by atoms with Crippen LogP contribution in [-0.4, -0.2) is 55.5 Å². The van der Waals surface area contributed by atoms with E-state index in [-0.39, 0.29) is 30.0 Å². The zero-order chi connectivity index (χ0) is 16.8. The number of benzene rings is 1. The number of carbonyl (C=O) groups is 1. The monoisotopic (exact) mass is 357 g/mol. The van der Waals surface area contributed by atoms with Gasteiger partial charge in [0.05, 0.1) is 0 Å². The van der Waals surface area contributed by atoms with Gasteiger partial charge in [-0.05, 0) is 58.1 Å². The van der Waals surface area contributed by atoms with Crippen molar-refractivity contribution < 1.29 is 9.18 Å². The number of piperidine rings is 1. The predicted molar refractivity (Wildman–Crippen MR) is 97.8 cm³/mol. The van der Waals surface area contributed by atoms with Gasteiger partial charge in [-0.2, -0.15) is 0 Å². The van der Waals surface area contributed by atoms with Gasteiger partial charge in [0.15, 0.2) is 0 Å². The molecule has 0 aliphatic carbocycles. The first-order chi connectivity index (χ1) is 11.0. The zero-order valence-electron chi connectivity index (χ0n) is 14.8. The second-order valence-electron chi connectivity index (χ2n) is 6.77. The minimum Gasteiger partial charge on any atom is -0.337 e. The molecule has 0 unspecified atom stereocenters. The van der Waals surface area contributed by atoms with Gasteiger partial charge in [0.25, 0.3) is 0 Å². The molecule has 0 saturated carbocycles. The third kappa shape index (κ3) is 6.38. The third-order valence-corrected chi connectivity index (χ3v) is 4.36. The third-order valence-electron chi connectivity index (χ3n) is 4.36. The van der Waals surface area contributed by atoms with Gasteiger partial charge in [0.1, 0.15) is 5.82 Å². The normalized spacial score (nSPS) is 20.5. The first-order valence-corrected chi connectivity index (χ1v) is 8.37. The number of likely N-dealkylation sites (N-methyl/N-ethyl adjacent to an activating group) is 1. The van der Waals surface area contributed by atoms with E-state index in [0.717, 1.165) is 31.5 Å². The van der Waals surface area contributed by atoms with Crippen LogP contribution in [0.25, 0.3) is 0 Å². The summed E-state index contributed by atoms with van der Waals surface area (Å²) in [6.45, 7) is 4.96. The molecule has 1 heterocycles. The first-order valence-electron chi connectivity index (χ1n) is 8.37. The zero-order valence-corrected chi connectivity index (χ0v) is 15.6. The Balaban J connectivity index is 0.00000288. The van der Waals surface area contributed by atoms with Crippen molar-refractivity contribution >= 4 is 18.3 Å². The van der Waals surface area contributed by atoms with Crippen LogP contribution in [0.1, 0.15) is 25.3 Å². The Kier molecular flexibility index (Phi) is 8.67. The van der Waals surface area contributed by atoms with E-state index in [1.807, 2.05) is 25.1 Å². The van der Waals surface area contributed by atoms with Gasteiger partial charge in [-0.1, -0.05) is 12.1 Å². The highest BCUT2D eigenvalue weighted by Crippen LogP contribution is 2.20. The predicted octanol–water partition coefficient (Wildman–Crippen LogP) is 2.53. The summed E-state index contributed by atoms with van der Waals surface area (Å²) >= 11 is 0. The van der Waals surface area contributed by atoms with Gasteiger partial charge >= 0.3 is 0 Å². The maximum Gasteiger partial charge on any atom is 0.226 e. The van der Waals surface area contributed by atoms with Gasteiger partial charge in [-0.25, -0.2) is 4.39 Å². The van der Waals surface area contributed by atoms with E-state index in [1.54, 1.807) is 6.07 Å².